The van der Waals surface area contributed by atoms with E-state index < -0.39 is 0 Å². The number of halogens is 1. The fourth-order valence-corrected chi connectivity index (χ4v) is 5.48. The molecule has 2 aromatic rings. The summed E-state index contributed by atoms with van der Waals surface area (Å²) < 4.78 is 12.6. The summed E-state index contributed by atoms with van der Waals surface area (Å²) in [6.45, 7) is 3.35. The lowest BCUT2D eigenvalue weighted by atomic mass is 9.89. The van der Waals surface area contributed by atoms with Crippen molar-refractivity contribution in [1.29, 1.82) is 0 Å². The van der Waals surface area contributed by atoms with Gasteiger partial charge in [0, 0.05) is 11.0 Å². The first-order valence-corrected chi connectivity index (χ1v) is 13.0. The van der Waals surface area contributed by atoms with Crippen molar-refractivity contribution in [3.05, 3.63) is 63.0 Å². The zero-order chi connectivity index (χ0) is 23.2. The van der Waals surface area contributed by atoms with Crippen LogP contribution in [0.3, 0.4) is 0 Å². The first kappa shape index (κ1) is 23.9. The maximum Gasteiger partial charge on any atom is 0.293 e. The normalized spacial score (nSPS) is 18.2. The van der Waals surface area contributed by atoms with E-state index in [4.69, 9.17) is 9.47 Å². The van der Waals surface area contributed by atoms with Crippen molar-refractivity contribution in [1.82, 2.24) is 4.90 Å². The molecule has 5 nitrogen and oxygen atoms in total. The van der Waals surface area contributed by atoms with Gasteiger partial charge >= 0.3 is 0 Å². The van der Waals surface area contributed by atoms with Crippen LogP contribution in [0.2, 0.25) is 0 Å². The van der Waals surface area contributed by atoms with Crippen LogP contribution in [0, 0.1) is 5.92 Å². The maximum absolute atomic E-state index is 13.0. The Morgan fingerprint density at radius 1 is 1.06 bits per heavy atom. The van der Waals surface area contributed by atoms with Crippen LogP contribution in [-0.4, -0.2) is 29.2 Å². The lowest BCUT2D eigenvalue weighted by Gasteiger charge is -2.25. The van der Waals surface area contributed by atoms with Crippen molar-refractivity contribution < 1.29 is 19.1 Å². The van der Waals surface area contributed by atoms with E-state index in [2.05, 4.69) is 15.9 Å². The molecule has 0 aromatic heterocycles. The number of imide groups is 1. The molecule has 2 aromatic carbocycles. The van der Waals surface area contributed by atoms with Gasteiger partial charge in [-0.05, 0) is 66.8 Å². The van der Waals surface area contributed by atoms with Crippen LogP contribution in [0.15, 0.2) is 51.8 Å². The van der Waals surface area contributed by atoms with Crippen molar-refractivity contribution in [2.24, 2.45) is 5.92 Å². The van der Waals surface area contributed by atoms with Gasteiger partial charge in [0.2, 0.25) is 0 Å². The second-order valence-electron chi connectivity index (χ2n) is 8.32. The summed E-state index contributed by atoms with van der Waals surface area (Å²) in [6.07, 6.45) is 7.56. The number of benzene rings is 2. The molecule has 7 heteroatoms. The van der Waals surface area contributed by atoms with Gasteiger partial charge in [-0.15, -0.1) is 0 Å². The molecule has 174 valence electrons. The molecule has 0 radical (unpaired) electrons. The largest absolute Gasteiger partial charge is 0.490 e. The quantitative estimate of drug-likeness (QED) is 0.343. The third-order valence-electron chi connectivity index (χ3n) is 5.93. The summed E-state index contributed by atoms with van der Waals surface area (Å²) in [6, 6.07) is 13.6. The minimum absolute atomic E-state index is 0.180. The number of amides is 2. The number of rotatable bonds is 8. The topological polar surface area (TPSA) is 55.8 Å². The Kier molecular flexibility index (Phi) is 8.15. The number of carbonyl (C=O) groups is 2. The van der Waals surface area contributed by atoms with Crippen molar-refractivity contribution in [3.63, 3.8) is 0 Å². The molecule has 1 saturated heterocycles. The van der Waals surface area contributed by atoms with Crippen LogP contribution in [0.4, 0.5) is 4.79 Å². The Balaban J connectivity index is 1.52. The fourth-order valence-electron chi connectivity index (χ4n) is 4.20. The number of nitrogens with zero attached hydrogens (tertiary/aromatic N) is 1. The zero-order valence-electron chi connectivity index (χ0n) is 18.7. The molecule has 2 fully saturated rings. The van der Waals surface area contributed by atoms with Crippen LogP contribution in [-0.2, 0) is 11.4 Å². The molecule has 33 heavy (non-hydrogen) atoms. The highest BCUT2D eigenvalue weighted by Gasteiger charge is 2.36. The first-order valence-electron chi connectivity index (χ1n) is 11.4. The average molecular weight is 530 g/mol. The van der Waals surface area contributed by atoms with E-state index in [0.717, 1.165) is 40.2 Å². The molecule has 2 aliphatic rings. The molecule has 0 unspecified atom stereocenters. The molecule has 1 aliphatic heterocycles. The molecule has 1 heterocycles. The van der Waals surface area contributed by atoms with E-state index >= 15 is 0 Å². The Hall–Kier alpha value is -2.25. The minimum atomic E-state index is -0.204. The summed E-state index contributed by atoms with van der Waals surface area (Å²) in [4.78, 5) is 27.4. The smallest absolute Gasteiger partial charge is 0.293 e. The monoisotopic (exact) mass is 529 g/mol. The van der Waals surface area contributed by atoms with Gasteiger partial charge in [-0.1, -0.05) is 65.5 Å². The number of carbonyl (C=O) groups excluding carboxylic acids is 2. The van der Waals surface area contributed by atoms with Gasteiger partial charge in [-0.3, -0.25) is 14.5 Å². The van der Waals surface area contributed by atoms with E-state index in [1.165, 1.54) is 24.2 Å². The van der Waals surface area contributed by atoms with Gasteiger partial charge in [0.25, 0.3) is 11.1 Å². The van der Waals surface area contributed by atoms with Crippen LogP contribution in [0.1, 0.15) is 50.2 Å². The number of ether oxygens (including phenoxy) is 2. The van der Waals surface area contributed by atoms with Crippen molar-refractivity contribution in [2.45, 2.75) is 45.6 Å². The van der Waals surface area contributed by atoms with E-state index in [0.29, 0.717) is 42.1 Å². The Morgan fingerprint density at radius 2 is 1.79 bits per heavy atom. The number of hydrogen-bond acceptors (Lipinski definition) is 5. The molecule has 0 bridgehead atoms. The van der Waals surface area contributed by atoms with Gasteiger partial charge in [0.1, 0.15) is 6.61 Å². The third-order valence-corrected chi connectivity index (χ3v) is 7.52. The predicted octanol–water partition coefficient (Wildman–Crippen LogP) is 7.04. The van der Waals surface area contributed by atoms with Gasteiger partial charge in [-0.25, -0.2) is 0 Å². The highest BCUT2D eigenvalue weighted by atomic mass is 79.9. The zero-order valence-corrected chi connectivity index (χ0v) is 21.1. The molecule has 0 spiro atoms. The van der Waals surface area contributed by atoms with Gasteiger partial charge in [-0.2, -0.15) is 0 Å². The van der Waals surface area contributed by atoms with Crippen molar-refractivity contribution in [3.8, 4) is 11.5 Å². The summed E-state index contributed by atoms with van der Waals surface area (Å²) in [5.41, 5.74) is 1.83. The second-order valence-corrected chi connectivity index (χ2v) is 10.2. The summed E-state index contributed by atoms with van der Waals surface area (Å²) in [5, 5.41) is -0.180. The van der Waals surface area contributed by atoms with Crippen LogP contribution >= 0.6 is 27.7 Å². The summed E-state index contributed by atoms with van der Waals surface area (Å²) >= 11 is 4.61. The van der Waals surface area contributed by atoms with Crippen molar-refractivity contribution >= 4 is 44.9 Å². The van der Waals surface area contributed by atoms with E-state index in [1.54, 1.807) is 6.08 Å². The Morgan fingerprint density at radius 3 is 2.52 bits per heavy atom. The molecule has 2 amide bonds. The maximum atomic E-state index is 13.0. The standard InChI is InChI=1S/C26H28BrNO4S/c1-2-31-22-13-20(21(27)15-23(22)32-17-19-11-7-4-8-12-19)14-24-25(29)28(26(30)33-24)16-18-9-5-3-6-10-18/h4,7-8,11-15,18H,2-3,5-6,9-10,16-17H2,1H3/b24-14+. The predicted molar refractivity (Wildman–Crippen MR) is 135 cm³/mol. The molecule has 0 atom stereocenters. The molecular weight excluding hydrogens is 502 g/mol. The van der Waals surface area contributed by atoms with Gasteiger partial charge < -0.3 is 9.47 Å². The highest BCUT2D eigenvalue weighted by Crippen LogP contribution is 2.39. The molecular formula is C26H28BrNO4S. The molecule has 0 N–H and O–H groups in total. The fraction of sp³-hybridized carbons (Fsp3) is 0.385. The summed E-state index contributed by atoms with van der Waals surface area (Å²) in [5.74, 6) is 1.44. The van der Waals surface area contributed by atoms with Crippen molar-refractivity contribution in [2.75, 3.05) is 13.2 Å². The summed E-state index contributed by atoms with van der Waals surface area (Å²) in [7, 11) is 0. The van der Waals surface area contributed by atoms with Crippen LogP contribution in [0.5, 0.6) is 11.5 Å². The van der Waals surface area contributed by atoms with E-state index in [9.17, 15) is 9.59 Å². The van der Waals surface area contributed by atoms with Gasteiger partial charge in [0.15, 0.2) is 11.5 Å². The average Bonchev–Trinajstić information content (AvgIpc) is 3.09. The van der Waals surface area contributed by atoms with Crippen LogP contribution < -0.4 is 9.47 Å². The van der Waals surface area contributed by atoms with Crippen LogP contribution in [0.25, 0.3) is 6.08 Å². The minimum Gasteiger partial charge on any atom is -0.490 e. The second kappa shape index (κ2) is 11.3. The first-order chi connectivity index (χ1) is 16.0. The molecule has 1 aliphatic carbocycles. The lowest BCUT2D eigenvalue weighted by Crippen LogP contribution is -2.34. The van der Waals surface area contributed by atoms with Gasteiger partial charge in [0.05, 0.1) is 11.5 Å². The third kappa shape index (κ3) is 6.01. The Labute approximate surface area is 207 Å². The highest BCUT2D eigenvalue weighted by molar-refractivity contribution is 9.10. The SMILES string of the molecule is CCOc1cc(/C=C2/SC(=O)N(CC3CCCCC3)C2=O)c(Br)cc1OCc1ccccc1. The number of thioether (sulfide) groups is 1. The molecule has 4 rings (SSSR count). The van der Waals surface area contributed by atoms with E-state index in [1.807, 2.05) is 49.4 Å². The molecule has 1 saturated carbocycles. The number of hydrogen-bond donors (Lipinski definition) is 0. The Bertz CT molecular complexity index is 1030. The van der Waals surface area contributed by atoms with E-state index in [-0.39, 0.29) is 11.1 Å². The lowest BCUT2D eigenvalue weighted by molar-refractivity contribution is -0.123.